The van der Waals surface area contributed by atoms with Crippen LogP contribution in [0.1, 0.15) is 36.2 Å². The molecular formula is C23H27FN2O4S. The van der Waals surface area contributed by atoms with Gasteiger partial charge in [0.15, 0.2) is 0 Å². The number of ether oxygens (including phenoxy) is 2. The molecule has 0 saturated carbocycles. The van der Waals surface area contributed by atoms with Gasteiger partial charge in [0.1, 0.15) is 18.2 Å². The zero-order valence-corrected chi connectivity index (χ0v) is 18.4. The van der Waals surface area contributed by atoms with E-state index in [4.69, 9.17) is 9.47 Å². The summed E-state index contributed by atoms with van der Waals surface area (Å²) in [6.45, 7) is 3.44. The molecule has 1 aromatic heterocycles. The summed E-state index contributed by atoms with van der Waals surface area (Å²) in [7, 11) is 0. The van der Waals surface area contributed by atoms with Gasteiger partial charge in [-0.15, -0.1) is 11.3 Å². The van der Waals surface area contributed by atoms with Gasteiger partial charge in [0.2, 0.25) is 11.8 Å². The summed E-state index contributed by atoms with van der Waals surface area (Å²) in [6.07, 6.45) is 2.66. The molecule has 0 aliphatic carbocycles. The van der Waals surface area contributed by atoms with E-state index in [9.17, 15) is 14.0 Å². The molecule has 31 heavy (non-hydrogen) atoms. The van der Waals surface area contributed by atoms with Gasteiger partial charge in [0.05, 0.1) is 18.7 Å². The molecule has 1 aromatic carbocycles. The van der Waals surface area contributed by atoms with Crippen LogP contribution in [0.25, 0.3) is 0 Å². The van der Waals surface area contributed by atoms with Crippen molar-refractivity contribution < 1.29 is 23.5 Å². The Labute approximate surface area is 185 Å². The zero-order chi connectivity index (χ0) is 21.8. The summed E-state index contributed by atoms with van der Waals surface area (Å²) in [5, 5.41) is 2.02. The minimum atomic E-state index is -0.364. The lowest BCUT2D eigenvalue weighted by Gasteiger charge is -2.37. The first-order chi connectivity index (χ1) is 15.0. The number of amides is 2. The minimum Gasteiger partial charge on any atom is -0.491 e. The minimum absolute atomic E-state index is 0.00589. The first-order valence-corrected chi connectivity index (χ1v) is 11.5. The predicted octanol–water partition coefficient (Wildman–Crippen LogP) is 3.42. The van der Waals surface area contributed by atoms with E-state index in [0.717, 1.165) is 24.8 Å². The van der Waals surface area contributed by atoms with E-state index < -0.39 is 0 Å². The number of rotatable bonds is 7. The van der Waals surface area contributed by atoms with E-state index in [-0.39, 0.29) is 42.9 Å². The molecule has 0 N–H and O–H groups in total. The van der Waals surface area contributed by atoms with E-state index in [0.29, 0.717) is 25.4 Å². The Morgan fingerprint density at radius 3 is 2.97 bits per heavy atom. The molecule has 0 radical (unpaired) electrons. The third kappa shape index (κ3) is 5.25. The molecule has 8 heteroatoms. The van der Waals surface area contributed by atoms with Gasteiger partial charge in [-0.05, 0) is 48.4 Å². The van der Waals surface area contributed by atoms with Crippen LogP contribution in [0.4, 0.5) is 4.39 Å². The molecule has 3 heterocycles. The molecular weight excluding hydrogens is 419 g/mol. The fraction of sp³-hybridized carbons (Fsp3) is 0.478. The summed E-state index contributed by atoms with van der Waals surface area (Å²) >= 11 is 1.67. The van der Waals surface area contributed by atoms with Gasteiger partial charge in [-0.1, -0.05) is 6.07 Å². The molecule has 2 atom stereocenters. The second-order valence-corrected chi connectivity index (χ2v) is 8.96. The number of carbonyl (C=O) groups is 2. The van der Waals surface area contributed by atoms with Crippen LogP contribution in [0, 0.1) is 5.82 Å². The van der Waals surface area contributed by atoms with E-state index in [1.54, 1.807) is 33.3 Å². The van der Waals surface area contributed by atoms with Crippen LogP contribution in [0.3, 0.4) is 0 Å². The zero-order valence-electron chi connectivity index (χ0n) is 17.6. The van der Waals surface area contributed by atoms with Gasteiger partial charge < -0.3 is 19.3 Å². The highest BCUT2D eigenvalue weighted by molar-refractivity contribution is 7.10. The largest absolute Gasteiger partial charge is 0.491 e. The summed E-state index contributed by atoms with van der Waals surface area (Å²) in [6, 6.07) is 7.75. The average Bonchev–Trinajstić information content (AvgIpc) is 3.43. The molecule has 166 valence electrons. The summed E-state index contributed by atoms with van der Waals surface area (Å²) < 4.78 is 25.0. The van der Waals surface area contributed by atoms with Gasteiger partial charge in [0, 0.05) is 37.6 Å². The van der Waals surface area contributed by atoms with Crippen LogP contribution in [-0.2, 0) is 20.7 Å². The van der Waals surface area contributed by atoms with E-state index in [1.165, 1.54) is 23.9 Å². The highest BCUT2D eigenvalue weighted by Gasteiger charge is 2.33. The van der Waals surface area contributed by atoms with Crippen LogP contribution >= 0.6 is 11.3 Å². The van der Waals surface area contributed by atoms with Crippen LogP contribution in [0.2, 0.25) is 0 Å². The van der Waals surface area contributed by atoms with Crippen molar-refractivity contribution in [2.45, 2.75) is 38.3 Å². The Balaban J connectivity index is 1.47. The van der Waals surface area contributed by atoms with Gasteiger partial charge in [-0.25, -0.2) is 4.39 Å². The smallest absolute Gasteiger partial charge is 0.242 e. The molecule has 0 bridgehead atoms. The van der Waals surface area contributed by atoms with E-state index >= 15 is 0 Å². The molecule has 0 spiro atoms. The van der Waals surface area contributed by atoms with Gasteiger partial charge in [-0.3, -0.25) is 9.59 Å². The number of nitrogens with zero attached hydrogens (tertiary/aromatic N) is 2. The normalized spacial score (nSPS) is 20.4. The van der Waals surface area contributed by atoms with Crippen LogP contribution in [-0.4, -0.2) is 60.6 Å². The maximum absolute atomic E-state index is 13.5. The SMILES string of the molecule is CC(=O)N(CC(=O)N1CCc2sccc2C1COc1cccc(F)c1)CC1CCCO1. The predicted molar refractivity (Wildman–Crippen MR) is 116 cm³/mol. The van der Waals surface area contributed by atoms with Crippen molar-refractivity contribution in [3.63, 3.8) is 0 Å². The standard InChI is InChI=1S/C23H27FN2O4S/c1-16(27)25(13-19-6-3-10-29-19)14-23(28)26-9-7-22-20(8-11-31-22)21(26)15-30-18-5-2-4-17(24)12-18/h2,4-5,8,11-12,19,21H,3,6-7,9-10,13-15H2,1H3. The van der Waals surface area contributed by atoms with E-state index in [2.05, 4.69) is 0 Å². The summed E-state index contributed by atoms with van der Waals surface area (Å²) in [5.41, 5.74) is 1.06. The van der Waals surface area contributed by atoms with Crippen LogP contribution < -0.4 is 4.74 Å². The molecule has 1 saturated heterocycles. The summed E-state index contributed by atoms with van der Waals surface area (Å²) in [5.74, 6) is -0.183. The first kappa shape index (κ1) is 21.8. The lowest BCUT2D eigenvalue weighted by Crippen LogP contribution is -2.48. The molecule has 1 fully saturated rings. The Bertz CT molecular complexity index is 928. The van der Waals surface area contributed by atoms with Gasteiger partial charge in [0.25, 0.3) is 0 Å². The third-order valence-electron chi connectivity index (χ3n) is 5.84. The number of benzene rings is 1. The van der Waals surface area contributed by atoms with Crippen molar-refractivity contribution in [2.24, 2.45) is 0 Å². The monoisotopic (exact) mass is 446 g/mol. The van der Waals surface area contributed by atoms with Gasteiger partial charge >= 0.3 is 0 Å². The molecule has 2 aliphatic rings. The Hall–Kier alpha value is -2.45. The third-order valence-corrected chi connectivity index (χ3v) is 6.84. The second kappa shape index (κ2) is 9.78. The summed E-state index contributed by atoms with van der Waals surface area (Å²) in [4.78, 5) is 30.0. The lowest BCUT2D eigenvalue weighted by atomic mass is 10.0. The number of thiophene rings is 1. The van der Waals surface area contributed by atoms with Crippen LogP contribution in [0.5, 0.6) is 5.75 Å². The number of hydrogen-bond donors (Lipinski definition) is 0. The van der Waals surface area contributed by atoms with Gasteiger partial charge in [-0.2, -0.15) is 0 Å². The average molecular weight is 447 g/mol. The second-order valence-electron chi connectivity index (χ2n) is 7.95. The maximum Gasteiger partial charge on any atom is 0.242 e. The number of carbonyl (C=O) groups excluding carboxylic acids is 2. The molecule has 6 nitrogen and oxygen atoms in total. The Kier molecular flexibility index (Phi) is 6.87. The fourth-order valence-electron chi connectivity index (χ4n) is 4.20. The quantitative estimate of drug-likeness (QED) is 0.654. The molecule has 2 aromatic rings. The van der Waals surface area contributed by atoms with Crippen molar-refractivity contribution in [3.05, 3.63) is 52.0 Å². The van der Waals surface area contributed by atoms with Crippen molar-refractivity contribution >= 4 is 23.2 Å². The maximum atomic E-state index is 13.5. The van der Waals surface area contributed by atoms with Crippen molar-refractivity contribution in [3.8, 4) is 5.75 Å². The van der Waals surface area contributed by atoms with Crippen LogP contribution in [0.15, 0.2) is 35.7 Å². The molecule has 2 amide bonds. The van der Waals surface area contributed by atoms with Crippen molar-refractivity contribution in [2.75, 3.05) is 32.8 Å². The van der Waals surface area contributed by atoms with E-state index in [1.807, 2.05) is 11.4 Å². The lowest BCUT2D eigenvalue weighted by molar-refractivity contribution is -0.142. The number of hydrogen-bond acceptors (Lipinski definition) is 5. The Morgan fingerprint density at radius 1 is 1.35 bits per heavy atom. The topological polar surface area (TPSA) is 59.1 Å². The number of halogens is 1. The first-order valence-electron chi connectivity index (χ1n) is 10.6. The highest BCUT2D eigenvalue weighted by Crippen LogP contribution is 2.34. The Morgan fingerprint density at radius 2 is 2.23 bits per heavy atom. The van der Waals surface area contributed by atoms with Crippen molar-refractivity contribution in [1.29, 1.82) is 0 Å². The molecule has 4 rings (SSSR count). The van der Waals surface area contributed by atoms with Crippen molar-refractivity contribution in [1.82, 2.24) is 9.80 Å². The number of fused-ring (bicyclic) bond motifs is 1. The fourth-order valence-corrected chi connectivity index (χ4v) is 5.13. The highest BCUT2D eigenvalue weighted by atomic mass is 32.1. The molecule has 2 aliphatic heterocycles. The molecule has 2 unspecified atom stereocenters.